The molecule has 1 unspecified atom stereocenters. The van der Waals surface area contributed by atoms with Gasteiger partial charge < -0.3 is 14.8 Å². The Kier molecular flexibility index (Phi) is 8.28. The molecule has 2 fully saturated rings. The molecular weight excluding hydrogens is 494 g/mol. The Bertz CT molecular complexity index is 1200. The van der Waals surface area contributed by atoms with Crippen molar-refractivity contribution in [1.29, 1.82) is 0 Å². The molecule has 1 saturated carbocycles. The quantitative estimate of drug-likeness (QED) is 0.446. The van der Waals surface area contributed by atoms with Crippen LogP contribution in [-0.2, 0) is 35.1 Å². The molecule has 0 radical (unpaired) electrons. The zero-order valence-corrected chi connectivity index (χ0v) is 23.4. The molecule has 1 amide bonds. The standard InChI is InChI=1S/C32H39NO6/c1-18-11-10-14-26-30(39-23(6)36)20(3)19(2)29-27(17-24-12-8-7-9-13-24)33-31(37)32(26,29)28(38-22(5)35)16-15-25(18)21(4)34/h7-10,12-16,18-19,25-30H,3,11,17H2,1-2,4-6H3,(H,33,37)/b14-10+,16-15+/t18-,19+,25?,26-,27-,28+,29-,30+,32+/m0/s1. The summed E-state index contributed by atoms with van der Waals surface area (Å²) in [6.45, 7) is 12.6. The van der Waals surface area contributed by atoms with Crippen molar-refractivity contribution < 1.29 is 28.7 Å². The molecule has 2 aliphatic carbocycles. The molecule has 39 heavy (non-hydrogen) atoms. The van der Waals surface area contributed by atoms with Crippen molar-refractivity contribution in [2.24, 2.45) is 35.0 Å². The van der Waals surface area contributed by atoms with E-state index in [0.29, 0.717) is 12.8 Å². The first-order chi connectivity index (χ1) is 18.5. The zero-order valence-electron chi connectivity index (χ0n) is 23.4. The van der Waals surface area contributed by atoms with Gasteiger partial charge in [0.15, 0.2) is 0 Å². The van der Waals surface area contributed by atoms with E-state index in [1.165, 1.54) is 13.8 Å². The number of amides is 1. The summed E-state index contributed by atoms with van der Waals surface area (Å²) < 4.78 is 11.8. The van der Waals surface area contributed by atoms with Gasteiger partial charge >= 0.3 is 11.9 Å². The fourth-order valence-electron chi connectivity index (χ4n) is 7.12. The minimum absolute atomic E-state index is 0.000839. The van der Waals surface area contributed by atoms with E-state index in [-0.39, 0.29) is 35.5 Å². The lowest BCUT2D eigenvalue weighted by atomic mass is 9.51. The molecule has 7 heteroatoms. The Labute approximate surface area is 230 Å². The van der Waals surface area contributed by atoms with E-state index in [0.717, 1.165) is 11.1 Å². The van der Waals surface area contributed by atoms with Gasteiger partial charge in [0.25, 0.3) is 0 Å². The van der Waals surface area contributed by atoms with Gasteiger partial charge in [0, 0.05) is 37.6 Å². The maximum absolute atomic E-state index is 14.4. The van der Waals surface area contributed by atoms with Gasteiger partial charge in [0.05, 0.1) is 0 Å². The number of rotatable bonds is 5. The van der Waals surface area contributed by atoms with Crippen molar-refractivity contribution in [2.75, 3.05) is 0 Å². The Hall–Kier alpha value is -3.48. The highest BCUT2D eigenvalue weighted by Gasteiger charge is 2.69. The first-order valence-electron chi connectivity index (χ1n) is 13.7. The number of hydrogen-bond acceptors (Lipinski definition) is 6. The van der Waals surface area contributed by atoms with Crippen LogP contribution in [0.3, 0.4) is 0 Å². The number of allylic oxidation sites excluding steroid dienone is 2. The summed E-state index contributed by atoms with van der Waals surface area (Å²) in [7, 11) is 0. The van der Waals surface area contributed by atoms with E-state index < -0.39 is 41.4 Å². The van der Waals surface area contributed by atoms with Crippen molar-refractivity contribution in [1.82, 2.24) is 5.32 Å². The Morgan fingerprint density at radius 2 is 1.67 bits per heavy atom. The lowest BCUT2D eigenvalue weighted by Crippen LogP contribution is -2.61. The van der Waals surface area contributed by atoms with Crippen LogP contribution in [0.4, 0.5) is 0 Å². The number of carbonyl (C=O) groups is 4. The van der Waals surface area contributed by atoms with Crippen LogP contribution in [0, 0.1) is 35.0 Å². The van der Waals surface area contributed by atoms with E-state index in [4.69, 9.17) is 9.47 Å². The summed E-state index contributed by atoms with van der Waals surface area (Å²) in [6.07, 6.45) is 6.79. The summed E-state index contributed by atoms with van der Waals surface area (Å²) in [4.78, 5) is 51.8. The molecule has 208 valence electrons. The van der Waals surface area contributed by atoms with Gasteiger partial charge in [0.1, 0.15) is 23.4 Å². The maximum atomic E-state index is 14.4. The van der Waals surface area contributed by atoms with Crippen LogP contribution in [0.25, 0.3) is 0 Å². The number of ether oxygens (including phenoxy) is 2. The normalized spacial score (nSPS) is 37.5. The van der Waals surface area contributed by atoms with Crippen LogP contribution in [0.2, 0.25) is 0 Å². The van der Waals surface area contributed by atoms with Crippen molar-refractivity contribution in [2.45, 2.75) is 65.7 Å². The predicted octanol–water partition coefficient (Wildman–Crippen LogP) is 4.37. The minimum Gasteiger partial charge on any atom is -0.457 e. The largest absolute Gasteiger partial charge is 0.457 e. The highest BCUT2D eigenvalue weighted by molar-refractivity contribution is 5.89. The third-order valence-corrected chi connectivity index (χ3v) is 8.84. The zero-order chi connectivity index (χ0) is 28.5. The molecule has 4 rings (SSSR count). The first-order valence-corrected chi connectivity index (χ1v) is 13.7. The third-order valence-electron chi connectivity index (χ3n) is 8.84. The van der Waals surface area contributed by atoms with E-state index in [1.807, 2.05) is 56.3 Å². The molecular formula is C32H39NO6. The minimum atomic E-state index is -1.29. The molecule has 1 spiro atoms. The maximum Gasteiger partial charge on any atom is 0.303 e. The summed E-state index contributed by atoms with van der Waals surface area (Å²) in [5.74, 6) is -2.90. The highest BCUT2D eigenvalue weighted by Crippen LogP contribution is 2.59. The molecule has 7 nitrogen and oxygen atoms in total. The molecule has 1 aromatic carbocycles. The van der Waals surface area contributed by atoms with Crippen molar-refractivity contribution in [3.8, 4) is 0 Å². The number of esters is 2. The average molecular weight is 534 g/mol. The van der Waals surface area contributed by atoms with Gasteiger partial charge in [-0.05, 0) is 48.8 Å². The first kappa shape index (κ1) is 28.5. The summed E-state index contributed by atoms with van der Waals surface area (Å²) in [5, 5.41) is 3.24. The molecule has 1 saturated heterocycles. The van der Waals surface area contributed by atoms with Crippen LogP contribution >= 0.6 is 0 Å². The smallest absolute Gasteiger partial charge is 0.303 e. The average Bonchev–Trinajstić information content (AvgIpc) is 3.15. The third kappa shape index (κ3) is 5.23. The summed E-state index contributed by atoms with van der Waals surface area (Å²) >= 11 is 0. The molecule has 1 aliphatic heterocycles. The topological polar surface area (TPSA) is 98.8 Å². The van der Waals surface area contributed by atoms with Gasteiger partial charge in [-0.25, -0.2) is 0 Å². The second-order valence-electron chi connectivity index (χ2n) is 11.3. The Morgan fingerprint density at radius 3 is 2.28 bits per heavy atom. The molecule has 1 aromatic rings. The second-order valence-corrected chi connectivity index (χ2v) is 11.3. The number of nitrogens with one attached hydrogen (secondary N) is 1. The van der Waals surface area contributed by atoms with Crippen LogP contribution in [0.15, 0.2) is 66.8 Å². The van der Waals surface area contributed by atoms with Gasteiger partial charge in [-0.15, -0.1) is 0 Å². The predicted molar refractivity (Wildman–Crippen MR) is 147 cm³/mol. The SMILES string of the molecule is C=C1[C@@H](C)[C@H]2[C@H](Cc3ccccc3)NC(=O)[C@]23[C@H](OC(C)=O)/C=C/C(C(C)=O)[C@@H](C)C/C=C/[C@H]3[C@@H]1OC(C)=O. The van der Waals surface area contributed by atoms with Crippen LogP contribution in [0.1, 0.15) is 46.6 Å². The van der Waals surface area contributed by atoms with Crippen molar-refractivity contribution in [3.05, 3.63) is 72.4 Å². The van der Waals surface area contributed by atoms with E-state index in [1.54, 1.807) is 19.1 Å². The molecule has 9 atom stereocenters. The van der Waals surface area contributed by atoms with E-state index in [2.05, 4.69) is 11.9 Å². The summed E-state index contributed by atoms with van der Waals surface area (Å²) in [6, 6.07) is 9.64. The summed E-state index contributed by atoms with van der Waals surface area (Å²) in [5.41, 5.74) is 0.505. The fraction of sp³-hybridized carbons (Fsp3) is 0.500. The van der Waals surface area contributed by atoms with Crippen molar-refractivity contribution >= 4 is 23.6 Å². The van der Waals surface area contributed by atoms with Gasteiger partial charge in [-0.2, -0.15) is 0 Å². The number of ketones is 1. The second kappa shape index (κ2) is 11.3. The number of benzene rings is 1. The van der Waals surface area contributed by atoms with Gasteiger partial charge in [-0.1, -0.05) is 69.0 Å². The van der Waals surface area contributed by atoms with Crippen molar-refractivity contribution in [3.63, 3.8) is 0 Å². The fourth-order valence-corrected chi connectivity index (χ4v) is 7.12. The lowest BCUT2D eigenvalue weighted by Gasteiger charge is -2.53. The van der Waals surface area contributed by atoms with Crippen LogP contribution in [0.5, 0.6) is 0 Å². The van der Waals surface area contributed by atoms with E-state index in [9.17, 15) is 19.2 Å². The van der Waals surface area contributed by atoms with Crippen LogP contribution in [-0.4, -0.2) is 41.9 Å². The van der Waals surface area contributed by atoms with Gasteiger partial charge in [0.2, 0.25) is 5.91 Å². The van der Waals surface area contributed by atoms with Crippen LogP contribution < -0.4 is 5.32 Å². The lowest BCUT2D eigenvalue weighted by molar-refractivity contribution is -0.173. The number of Topliss-reactive ketones (excluding diaryl/α,β-unsaturated/α-hetero) is 1. The number of carbonyl (C=O) groups excluding carboxylic acids is 4. The van der Waals surface area contributed by atoms with E-state index >= 15 is 0 Å². The molecule has 0 bridgehead atoms. The Balaban J connectivity index is 1.95. The molecule has 1 heterocycles. The molecule has 1 N–H and O–H groups in total. The number of hydrogen-bond donors (Lipinski definition) is 1. The molecule has 0 aromatic heterocycles. The molecule has 3 aliphatic rings. The monoisotopic (exact) mass is 533 g/mol. The highest BCUT2D eigenvalue weighted by atomic mass is 16.6. The van der Waals surface area contributed by atoms with Gasteiger partial charge in [-0.3, -0.25) is 19.2 Å². The Morgan fingerprint density at radius 1 is 1.00 bits per heavy atom.